The van der Waals surface area contributed by atoms with Gasteiger partial charge in [0.1, 0.15) is 28.6 Å². The van der Waals surface area contributed by atoms with Gasteiger partial charge in [-0.3, -0.25) is 9.69 Å². The zero-order valence-corrected chi connectivity index (χ0v) is 30.8. The van der Waals surface area contributed by atoms with Crippen LogP contribution < -0.4 is 30.0 Å². The number of halogens is 1. The van der Waals surface area contributed by atoms with Gasteiger partial charge in [0.05, 0.1) is 63.6 Å². The lowest BCUT2D eigenvalue weighted by atomic mass is 9.96. The smallest absolute Gasteiger partial charge is 0.340 e. The van der Waals surface area contributed by atoms with E-state index in [1.807, 2.05) is 4.90 Å². The van der Waals surface area contributed by atoms with Gasteiger partial charge >= 0.3 is 12.0 Å². The molecule has 0 aliphatic carbocycles. The molecule has 0 bridgehead atoms. The molecule has 0 unspecified atom stereocenters. The number of ether oxygens (including phenoxy) is 5. The third-order valence-electron chi connectivity index (χ3n) is 8.00. The summed E-state index contributed by atoms with van der Waals surface area (Å²) in [6.07, 6.45) is 0.213. The summed E-state index contributed by atoms with van der Waals surface area (Å²) in [5, 5.41) is 3.29. The van der Waals surface area contributed by atoms with E-state index < -0.39 is 29.4 Å². The fourth-order valence-corrected chi connectivity index (χ4v) is 6.03. The minimum Gasteiger partial charge on any atom is -0.496 e. The van der Waals surface area contributed by atoms with Crippen molar-refractivity contribution in [1.82, 2.24) is 15.1 Å². The van der Waals surface area contributed by atoms with E-state index in [1.54, 1.807) is 90.6 Å². The zero-order valence-electron chi connectivity index (χ0n) is 29.3. The van der Waals surface area contributed by atoms with Gasteiger partial charge in [-0.15, -0.1) is 0 Å². The molecule has 1 heterocycles. The summed E-state index contributed by atoms with van der Waals surface area (Å²) in [5.74, 6) is 0.424. The number of nitrogens with one attached hydrogen (secondary N) is 1. The Balaban J connectivity index is 1.62. The van der Waals surface area contributed by atoms with E-state index in [0.29, 0.717) is 49.7 Å². The molecule has 12 nitrogen and oxygen atoms in total. The lowest BCUT2D eigenvalue weighted by molar-refractivity contribution is -0.131. The maximum Gasteiger partial charge on any atom is 0.340 e. The summed E-state index contributed by atoms with van der Waals surface area (Å²) >= 11 is 12.2. The molecular weight excluding hydrogens is 684 g/mol. The highest BCUT2D eigenvalue weighted by Gasteiger charge is 2.37. The van der Waals surface area contributed by atoms with Crippen molar-refractivity contribution in [2.75, 3.05) is 47.3 Å². The third kappa shape index (κ3) is 9.27. The number of anilines is 1. The van der Waals surface area contributed by atoms with E-state index in [1.165, 1.54) is 7.11 Å². The molecule has 4 rings (SSSR count). The molecule has 0 spiro atoms. The molecule has 1 fully saturated rings. The zero-order chi connectivity index (χ0) is 36.7. The minimum atomic E-state index is -0.729. The second-order valence-electron chi connectivity index (χ2n) is 12.6. The number of rotatable bonds is 11. The Kier molecular flexibility index (Phi) is 12.4. The molecule has 1 saturated heterocycles. The standard InChI is InChI=1S/C36H43ClN4O8S/c1-36(2,3)49-34(43)26-10-8-21(12-28(26)38)17-39-35(44)41-20-32(50)40(19-27-30(47-6)15-25(45-4)16-31(27)48-7)18-23(33(41)42)13-22-14-24(37)9-11-29(22)46-5/h8-12,14-16,23H,13,17-20,38H2,1-7H3,(H,39,44)/t23-/m1/s1. The van der Waals surface area contributed by atoms with Gasteiger partial charge in [0.25, 0.3) is 0 Å². The van der Waals surface area contributed by atoms with Crippen molar-refractivity contribution < 1.29 is 38.1 Å². The normalized spacial score (nSPS) is 14.9. The number of nitrogen functional groups attached to an aromatic ring is 1. The molecule has 50 heavy (non-hydrogen) atoms. The molecule has 0 aromatic heterocycles. The average molecular weight is 727 g/mol. The Labute approximate surface area is 302 Å². The second-order valence-corrected chi connectivity index (χ2v) is 13.6. The van der Waals surface area contributed by atoms with Gasteiger partial charge in [0.15, 0.2) is 0 Å². The summed E-state index contributed by atoms with van der Waals surface area (Å²) in [6.45, 7) is 5.59. The Bertz CT molecular complexity index is 1740. The van der Waals surface area contributed by atoms with Crippen LogP contribution in [-0.2, 0) is 29.0 Å². The van der Waals surface area contributed by atoms with Gasteiger partial charge in [-0.25, -0.2) is 9.59 Å². The molecule has 3 N–H and O–H groups in total. The first-order chi connectivity index (χ1) is 23.7. The number of imide groups is 1. The number of thiocarbonyl (C=S) groups is 1. The molecule has 1 aliphatic rings. The van der Waals surface area contributed by atoms with Crippen LogP contribution in [0.5, 0.6) is 23.0 Å². The van der Waals surface area contributed by atoms with Crippen LogP contribution in [0.2, 0.25) is 5.02 Å². The summed E-state index contributed by atoms with van der Waals surface area (Å²) in [6, 6.07) is 12.8. The Hall–Kier alpha value is -4.75. The fraction of sp³-hybridized carbons (Fsp3) is 0.389. The van der Waals surface area contributed by atoms with E-state index in [-0.39, 0.29) is 43.9 Å². The third-order valence-corrected chi connectivity index (χ3v) is 8.62. The van der Waals surface area contributed by atoms with Crippen LogP contribution in [0.15, 0.2) is 48.5 Å². The maximum atomic E-state index is 14.2. The number of amides is 3. The van der Waals surface area contributed by atoms with E-state index in [2.05, 4.69) is 5.32 Å². The molecule has 0 radical (unpaired) electrons. The fourth-order valence-electron chi connectivity index (χ4n) is 5.57. The van der Waals surface area contributed by atoms with Crippen LogP contribution in [0.4, 0.5) is 10.5 Å². The van der Waals surface area contributed by atoms with Crippen molar-refractivity contribution in [3.05, 3.63) is 75.8 Å². The Morgan fingerprint density at radius 2 is 1.62 bits per heavy atom. The predicted molar refractivity (Wildman–Crippen MR) is 194 cm³/mol. The number of nitrogens with zero attached hydrogens (tertiary/aromatic N) is 2. The van der Waals surface area contributed by atoms with E-state index in [0.717, 1.165) is 4.90 Å². The quantitative estimate of drug-likeness (QED) is 0.144. The number of urea groups is 1. The van der Waals surface area contributed by atoms with Crippen LogP contribution in [0.1, 0.15) is 47.8 Å². The highest BCUT2D eigenvalue weighted by Crippen LogP contribution is 2.36. The molecule has 1 atom stereocenters. The SMILES string of the molecule is COc1cc(OC)c(CN2C[C@@H](Cc3cc(Cl)ccc3OC)C(=O)N(C(=O)NCc3ccc(C(=O)OC(C)(C)C)c(N)c3)CC2=S)c(OC)c1. The molecule has 268 valence electrons. The van der Waals surface area contributed by atoms with Gasteiger partial charge < -0.3 is 39.6 Å². The van der Waals surface area contributed by atoms with Crippen LogP contribution in [-0.4, -0.2) is 79.8 Å². The van der Waals surface area contributed by atoms with E-state index in [4.69, 9.17) is 53.2 Å². The lowest BCUT2D eigenvalue weighted by Gasteiger charge is -2.27. The van der Waals surface area contributed by atoms with Crippen LogP contribution >= 0.6 is 23.8 Å². The summed E-state index contributed by atoms with van der Waals surface area (Å²) in [7, 11) is 6.17. The van der Waals surface area contributed by atoms with E-state index >= 15 is 0 Å². The van der Waals surface area contributed by atoms with Crippen molar-refractivity contribution in [1.29, 1.82) is 0 Å². The Morgan fingerprint density at radius 1 is 0.960 bits per heavy atom. The highest BCUT2D eigenvalue weighted by atomic mass is 35.5. The number of nitrogens with two attached hydrogens (primary N) is 1. The number of carbonyl (C=O) groups excluding carboxylic acids is 3. The number of benzene rings is 3. The van der Waals surface area contributed by atoms with Crippen LogP contribution in [0.3, 0.4) is 0 Å². The second kappa shape index (κ2) is 16.3. The summed E-state index contributed by atoms with van der Waals surface area (Å²) in [4.78, 5) is 43.8. The Morgan fingerprint density at radius 3 is 2.20 bits per heavy atom. The first kappa shape index (κ1) is 38.1. The summed E-state index contributed by atoms with van der Waals surface area (Å²) in [5.41, 5.74) is 7.91. The first-order valence-corrected chi connectivity index (χ1v) is 16.6. The van der Waals surface area contributed by atoms with Gasteiger partial charge in [-0.2, -0.15) is 0 Å². The van der Waals surface area contributed by atoms with Crippen LogP contribution in [0.25, 0.3) is 0 Å². The van der Waals surface area contributed by atoms with Crippen molar-refractivity contribution in [2.24, 2.45) is 5.92 Å². The van der Waals surface area contributed by atoms with Crippen molar-refractivity contribution in [3.8, 4) is 23.0 Å². The maximum absolute atomic E-state index is 14.2. The molecule has 0 saturated carbocycles. The largest absolute Gasteiger partial charge is 0.496 e. The van der Waals surface area contributed by atoms with Gasteiger partial charge in [0.2, 0.25) is 5.91 Å². The number of hydrogen-bond acceptors (Lipinski definition) is 10. The monoisotopic (exact) mass is 726 g/mol. The number of carbonyl (C=O) groups is 3. The minimum absolute atomic E-state index is 0.0327. The molecular formula is C36H43ClN4O8S. The average Bonchev–Trinajstić information content (AvgIpc) is 3.18. The number of methoxy groups -OCH3 is 4. The predicted octanol–water partition coefficient (Wildman–Crippen LogP) is 5.65. The summed E-state index contributed by atoms with van der Waals surface area (Å²) < 4.78 is 27.7. The molecule has 14 heteroatoms. The van der Waals surface area contributed by atoms with Gasteiger partial charge in [-0.05, 0) is 68.7 Å². The molecule has 3 aromatic rings. The van der Waals surface area contributed by atoms with Gasteiger partial charge in [-0.1, -0.05) is 29.9 Å². The first-order valence-electron chi connectivity index (χ1n) is 15.8. The lowest BCUT2D eigenvalue weighted by Crippen LogP contribution is -2.47. The number of esters is 1. The number of hydrogen-bond donors (Lipinski definition) is 2. The van der Waals surface area contributed by atoms with E-state index in [9.17, 15) is 14.4 Å². The van der Waals surface area contributed by atoms with Gasteiger partial charge in [0, 0.05) is 35.9 Å². The highest BCUT2D eigenvalue weighted by molar-refractivity contribution is 7.80. The van der Waals surface area contributed by atoms with Crippen LogP contribution in [0, 0.1) is 5.92 Å². The molecule has 1 aliphatic heterocycles. The van der Waals surface area contributed by atoms with Crippen molar-refractivity contribution in [3.63, 3.8) is 0 Å². The molecule has 3 amide bonds. The van der Waals surface area contributed by atoms with Crippen molar-refractivity contribution in [2.45, 2.75) is 45.9 Å². The van der Waals surface area contributed by atoms with Crippen molar-refractivity contribution >= 4 is 52.4 Å². The molecule has 3 aromatic carbocycles. The topological polar surface area (TPSA) is 142 Å².